The molecule has 114 valence electrons. The number of aromatic nitrogens is 2. The van der Waals surface area contributed by atoms with Gasteiger partial charge in [0.15, 0.2) is 0 Å². The maximum Gasteiger partial charge on any atom is 0.226 e. The van der Waals surface area contributed by atoms with E-state index in [1.165, 1.54) is 0 Å². The van der Waals surface area contributed by atoms with Crippen LogP contribution < -0.4 is 10.1 Å². The van der Waals surface area contributed by atoms with Gasteiger partial charge >= 0.3 is 0 Å². The van der Waals surface area contributed by atoms with Crippen LogP contribution in [0.4, 0.5) is 5.82 Å². The van der Waals surface area contributed by atoms with Crippen LogP contribution in [0.25, 0.3) is 0 Å². The molecule has 23 heavy (non-hydrogen) atoms. The van der Waals surface area contributed by atoms with Crippen LogP contribution in [0.1, 0.15) is 23.5 Å². The van der Waals surface area contributed by atoms with Crippen LogP contribution in [-0.4, -0.2) is 16.1 Å². The van der Waals surface area contributed by atoms with Crippen molar-refractivity contribution < 1.29 is 9.53 Å². The predicted molar refractivity (Wildman–Crippen MR) is 86.6 cm³/mol. The fraction of sp³-hybridized carbons (Fsp3) is 0.111. The largest absolute Gasteiger partial charge is 0.457 e. The first-order valence-electron chi connectivity index (χ1n) is 7.45. The van der Waals surface area contributed by atoms with Crippen molar-refractivity contribution in [2.75, 3.05) is 5.32 Å². The Morgan fingerprint density at radius 2 is 1.87 bits per heavy atom. The number of amides is 1. The van der Waals surface area contributed by atoms with Crippen LogP contribution in [-0.2, 0) is 4.79 Å². The number of nitrogens with one attached hydrogen (secondary N) is 2. The van der Waals surface area contributed by atoms with Crippen molar-refractivity contribution >= 4 is 11.7 Å². The number of hydrogen-bond donors (Lipinski definition) is 2. The second kappa shape index (κ2) is 5.61. The lowest BCUT2D eigenvalue weighted by Gasteiger charge is -2.22. The number of aromatic amines is 1. The monoisotopic (exact) mass is 305 g/mol. The van der Waals surface area contributed by atoms with E-state index in [-0.39, 0.29) is 11.8 Å². The molecule has 5 heteroatoms. The Morgan fingerprint density at radius 3 is 2.74 bits per heavy atom. The maximum atomic E-state index is 11.9. The third-order valence-corrected chi connectivity index (χ3v) is 3.94. The normalized spacial score (nSPS) is 16.5. The molecule has 2 N–H and O–H groups in total. The second-order valence-corrected chi connectivity index (χ2v) is 5.49. The summed E-state index contributed by atoms with van der Waals surface area (Å²) in [6, 6.07) is 17.5. The highest BCUT2D eigenvalue weighted by molar-refractivity contribution is 5.94. The van der Waals surface area contributed by atoms with E-state index >= 15 is 0 Å². The third kappa shape index (κ3) is 2.68. The first kappa shape index (κ1) is 13.6. The molecule has 1 atom stereocenters. The molecule has 2 heterocycles. The molecular formula is C18H15N3O2. The van der Waals surface area contributed by atoms with Gasteiger partial charge in [-0.25, -0.2) is 0 Å². The molecule has 0 saturated heterocycles. The predicted octanol–water partition coefficient (Wildman–Crippen LogP) is 3.68. The minimum absolute atomic E-state index is 0.0128. The van der Waals surface area contributed by atoms with Gasteiger partial charge in [0.25, 0.3) is 0 Å². The van der Waals surface area contributed by atoms with E-state index in [4.69, 9.17) is 4.74 Å². The summed E-state index contributed by atoms with van der Waals surface area (Å²) in [7, 11) is 0. The molecule has 0 unspecified atom stereocenters. The van der Waals surface area contributed by atoms with Gasteiger partial charge < -0.3 is 10.1 Å². The molecule has 5 nitrogen and oxygen atoms in total. The van der Waals surface area contributed by atoms with Crippen LogP contribution in [0.5, 0.6) is 11.5 Å². The number of fused-ring (bicyclic) bond motifs is 1. The molecule has 0 bridgehead atoms. The number of benzene rings is 2. The van der Waals surface area contributed by atoms with Crippen LogP contribution in [0.2, 0.25) is 0 Å². The van der Waals surface area contributed by atoms with E-state index in [9.17, 15) is 4.79 Å². The molecule has 0 radical (unpaired) electrons. The summed E-state index contributed by atoms with van der Waals surface area (Å²) < 4.78 is 5.88. The van der Waals surface area contributed by atoms with E-state index < -0.39 is 0 Å². The number of carbonyl (C=O) groups excluding carboxylic acids is 1. The van der Waals surface area contributed by atoms with Gasteiger partial charge in [0.1, 0.15) is 17.3 Å². The van der Waals surface area contributed by atoms with Crippen LogP contribution in [0.3, 0.4) is 0 Å². The summed E-state index contributed by atoms with van der Waals surface area (Å²) in [4.78, 5) is 11.9. The molecule has 0 spiro atoms. The number of H-pyrrole nitrogens is 1. The lowest BCUT2D eigenvalue weighted by molar-refractivity contribution is -0.116. The van der Waals surface area contributed by atoms with Crippen molar-refractivity contribution in [1.29, 1.82) is 0 Å². The number of para-hydroxylation sites is 1. The summed E-state index contributed by atoms with van der Waals surface area (Å²) in [6.07, 6.45) is 2.17. The van der Waals surface area contributed by atoms with E-state index in [0.29, 0.717) is 12.2 Å². The summed E-state index contributed by atoms with van der Waals surface area (Å²) >= 11 is 0. The minimum atomic E-state index is -0.0168. The van der Waals surface area contributed by atoms with Gasteiger partial charge in [-0.2, -0.15) is 5.10 Å². The zero-order chi connectivity index (χ0) is 15.6. The van der Waals surface area contributed by atoms with Crippen molar-refractivity contribution in [2.45, 2.75) is 12.3 Å². The highest BCUT2D eigenvalue weighted by Crippen LogP contribution is 2.37. The lowest BCUT2D eigenvalue weighted by atomic mass is 9.87. The van der Waals surface area contributed by atoms with Crippen LogP contribution in [0.15, 0.2) is 60.8 Å². The summed E-state index contributed by atoms with van der Waals surface area (Å²) in [5, 5.41) is 9.67. The standard InChI is InChI=1S/C18H15N3O2/c22-17-10-15(16-11-19-21-18(16)20-17)12-5-4-8-14(9-12)23-13-6-2-1-3-7-13/h1-9,11,15H,10H2,(H2,19,20,21,22)/t15-/m0/s1. The molecular weight excluding hydrogens is 290 g/mol. The maximum absolute atomic E-state index is 11.9. The van der Waals surface area contributed by atoms with E-state index in [1.807, 2.05) is 54.6 Å². The molecule has 1 aromatic heterocycles. The zero-order valence-electron chi connectivity index (χ0n) is 12.3. The number of ether oxygens (including phenoxy) is 1. The second-order valence-electron chi connectivity index (χ2n) is 5.49. The van der Waals surface area contributed by atoms with Crippen molar-refractivity contribution in [1.82, 2.24) is 10.2 Å². The van der Waals surface area contributed by atoms with Gasteiger partial charge in [-0.05, 0) is 29.8 Å². The molecule has 1 aliphatic heterocycles. The van der Waals surface area contributed by atoms with E-state index in [0.717, 1.165) is 22.6 Å². The van der Waals surface area contributed by atoms with Gasteiger partial charge in [0.2, 0.25) is 5.91 Å². The Kier molecular flexibility index (Phi) is 3.31. The molecule has 0 aliphatic carbocycles. The third-order valence-electron chi connectivity index (χ3n) is 3.94. The SMILES string of the molecule is O=C1C[C@@H](c2cccc(Oc3ccccc3)c2)c2cn[nH]c2N1. The fourth-order valence-corrected chi connectivity index (χ4v) is 2.86. The van der Waals surface area contributed by atoms with Gasteiger partial charge in [0.05, 0.1) is 6.20 Å². The first-order chi connectivity index (χ1) is 11.3. The molecule has 3 aromatic rings. The lowest BCUT2D eigenvalue weighted by Crippen LogP contribution is -2.22. The van der Waals surface area contributed by atoms with Gasteiger partial charge in [-0.3, -0.25) is 9.89 Å². The number of nitrogens with zero attached hydrogens (tertiary/aromatic N) is 1. The Morgan fingerprint density at radius 1 is 1.04 bits per heavy atom. The number of hydrogen-bond acceptors (Lipinski definition) is 3. The minimum Gasteiger partial charge on any atom is -0.457 e. The average molecular weight is 305 g/mol. The smallest absolute Gasteiger partial charge is 0.226 e. The summed E-state index contributed by atoms with van der Waals surface area (Å²) in [5.74, 6) is 2.19. The van der Waals surface area contributed by atoms with Crippen molar-refractivity contribution in [2.24, 2.45) is 0 Å². The first-order valence-corrected chi connectivity index (χ1v) is 7.45. The van der Waals surface area contributed by atoms with Gasteiger partial charge in [0, 0.05) is 17.9 Å². The summed E-state index contributed by atoms with van der Waals surface area (Å²) in [6.45, 7) is 0. The zero-order valence-corrected chi connectivity index (χ0v) is 12.3. The van der Waals surface area contributed by atoms with Crippen molar-refractivity contribution in [3.05, 3.63) is 71.9 Å². The Labute approximate surface area is 133 Å². The summed E-state index contributed by atoms with van der Waals surface area (Å²) in [5.41, 5.74) is 2.04. The molecule has 0 fully saturated rings. The molecule has 1 aliphatic rings. The molecule has 0 saturated carbocycles. The topological polar surface area (TPSA) is 67.0 Å². The highest BCUT2D eigenvalue weighted by atomic mass is 16.5. The Balaban J connectivity index is 1.66. The van der Waals surface area contributed by atoms with Crippen molar-refractivity contribution in [3.8, 4) is 11.5 Å². The molecule has 4 rings (SSSR count). The van der Waals surface area contributed by atoms with Gasteiger partial charge in [-0.15, -0.1) is 0 Å². The number of carbonyl (C=O) groups is 1. The number of anilines is 1. The highest BCUT2D eigenvalue weighted by Gasteiger charge is 2.28. The average Bonchev–Trinajstić information content (AvgIpc) is 3.03. The quantitative estimate of drug-likeness (QED) is 0.775. The van der Waals surface area contributed by atoms with E-state index in [2.05, 4.69) is 15.5 Å². The number of rotatable bonds is 3. The fourth-order valence-electron chi connectivity index (χ4n) is 2.86. The van der Waals surface area contributed by atoms with Crippen LogP contribution >= 0.6 is 0 Å². The Bertz CT molecular complexity index is 842. The Hall–Kier alpha value is -3.08. The van der Waals surface area contributed by atoms with Crippen LogP contribution in [0, 0.1) is 0 Å². The van der Waals surface area contributed by atoms with Gasteiger partial charge in [-0.1, -0.05) is 30.3 Å². The molecule has 2 aromatic carbocycles. The molecule has 1 amide bonds. The van der Waals surface area contributed by atoms with E-state index in [1.54, 1.807) is 6.20 Å². The van der Waals surface area contributed by atoms with Crippen molar-refractivity contribution in [3.63, 3.8) is 0 Å².